The van der Waals surface area contributed by atoms with Crippen LogP contribution >= 0.6 is 0 Å². The van der Waals surface area contributed by atoms with Crippen molar-refractivity contribution in [3.8, 4) is 17.0 Å². The second-order valence-corrected chi connectivity index (χ2v) is 7.73. The molecule has 1 aliphatic heterocycles. The van der Waals surface area contributed by atoms with Gasteiger partial charge < -0.3 is 15.0 Å². The van der Waals surface area contributed by atoms with Crippen molar-refractivity contribution in [1.29, 1.82) is 0 Å². The predicted molar refractivity (Wildman–Crippen MR) is 119 cm³/mol. The fourth-order valence-electron chi connectivity index (χ4n) is 3.75. The smallest absolute Gasteiger partial charge is 0.229 e. The van der Waals surface area contributed by atoms with E-state index < -0.39 is 0 Å². The van der Waals surface area contributed by atoms with Crippen LogP contribution in [0.2, 0.25) is 0 Å². The zero-order chi connectivity index (χ0) is 21.8. The minimum atomic E-state index is -0.324. The van der Waals surface area contributed by atoms with Gasteiger partial charge in [-0.05, 0) is 61.7 Å². The first-order valence-electron chi connectivity index (χ1n) is 10.3. The van der Waals surface area contributed by atoms with Crippen LogP contribution in [0.25, 0.3) is 11.3 Å². The summed E-state index contributed by atoms with van der Waals surface area (Å²) in [6, 6.07) is 14.4. The average molecular weight is 420 g/mol. The summed E-state index contributed by atoms with van der Waals surface area (Å²) in [5.41, 5.74) is 2.82. The Balaban J connectivity index is 1.46. The maximum Gasteiger partial charge on any atom is 0.229 e. The van der Waals surface area contributed by atoms with Gasteiger partial charge in [0.15, 0.2) is 0 Å². The van der Waals surface area contributed by atoms with Crippen molar-refractivity contribution < 1.29 is 13.9 Å². The number of nitrogens with zero attached hydrogens (tertiary/aromatic N) is 3. The molecule has 4 rings (SSSR count). The molecule has 1 unspecified atom stereocenters. The van der Waals surface area contributed by atoms with E-state index in [0.29, 0.717) is 17.8 Å². The summed E-state index contributed by atoms with van der Waals surface area (Å²) in [5.74, 6) is 0.959. The van der Waals surface area contributed by atoms with E-state index in [0.717, 1.165) is 42.2 Å². The van der Waals surface area contributed by atoms with Crippen LogP contribution in [0.1, 0.15) is 18.4 Å². The van der Waals surface area contributed by atoms with E-state index in [1.807, 2.05) is 30.3 Å². The molecule has 2 aromatic carbocycles. The van der Waals surface area contributed by atoms with E-state index in [4.69, 9.17) is 4.74 Å². The number of benzene rings is 2. The largest absolute Gasteiger partial charge is 0.497 e. The van der Waals surface area contributed by atoms with Gasteiger partial charge in [0.05, 0.1) is 18.7 Å². The first kappa shape index (κ1) is 20.8. The lowest BCUT2D eigenvalue weighted by atomic mass is 9.97. The van der Waals surface area contributed by atoms with E-state index >= 15 is 0 Å². The molecule has 1 atom stereocenters. The number of anilines is 2. The monoisotopic (exact) mass is 420 g/mol. The summed E-state index contributed by atoms with van der Waals surface area (Å²) >= 11 is 0. The quantitative estimate of drug-likeness (QED) is 0.660. The van der Waals surface area contributed by atoms with Crippen molar-refractivity contribution >= 4 is 17.4 Å². The third kappa shape index (κ3) is 4.82. The molecule has 1 aliphatic rings. The molecule has 3 aromatic rings. The zero-order valence-electron chi connectivity index (χ0n) is 17.6. The Morgan fingerprint density at radius 1 is 1.16 bits per heavy atom. The molecule has 6 nitrogen and oxygen atoms in total. The molecule has 0 bridgehead atoms. The molecule has 0 saturated carbocycles. The van der Waals surface area contributed by atoms with Crippen LogP contribution in [0, 0.1) is 18.7 Å². The van der Waals surface area contributed by atoms with Crippen molar-refractivity contribution in [1.82, 2.24) is 9.97 Å². The minimum Gasteiger partial charge on any atom is -0.497 e. The SMILES string of the molecule is COc1ccc(-c2cc(N3CCCC(C(=O)Nc4ccc(C)c(F)c4)C3)ncn2)cc1. The van der Waals surface area contributed by atoms with Crippen LogP contribution < -0.4 is 15.0 Å². The number of carbonyl (C=O) groups is 1. The Bertz CT molecular complexity index is 1070. The molecule has 1 aromatic heterocycles. The molecule has 0 aliphatic carbocycles. The third-order valence-electron chi connectivity index (χ3n) is 5.59. The molecule has 1 saturated heterocycles. The predicted octanol–water partition coefficient (Wildman–Crippen LogP) is 4.45. The normalized spacial score (nSPS) is 16.1. The topological polar surface area (TPSA) is 67.3 Å². The van der Waals surface area contributed by atoms with E-state index in [1.54, 1.807) is 32.5 Å². The summed E-state index contributed by atoms with van der Waals surface area (Å²) < 4.78 is 19.0. The molecule has 31 heavy (non-hydrogen) atoms. The van der Waals surface area contributed by atoms with Gasteiger partial charge in [-0.1, -0.05) is 6.07 Å². The Morgan fingerprint density at radius 2 is 1.97 bits per heavy atom. The highest BCUT2D eigenvalue weighted by atomic mass is 19.1. The Morgan fingerprint density at radius 3 is 2.71 bits per heavy atom. The van der Waals surface area contributed by atoms with Crippen molar-refractivity contribution in [2.45, 2.75) is 19.8 Å². The van der Waals surface area contributed by atoms with Crippen LogP contribution in [-0.2, 0) is 4.79 Å². The van der Waals surface area contributed by atoms with Crippen LogP contribution in [0.3, 0.4) is 0 Å². The number of amides is 1. The number of carbonyl (C=O) groups excluding carboxylic acids is 1. The number of halogens is 1. The number of hydrogen-bond donors (Lipinski definition) is 1. The highest BCUT2D eigenvalue weighted by Gasteiger charge is 2.27. The first-order valence-corrected chi connectivity index (χ1v) is 10.3. The summed E-state index contributed by atoms with van der Waals surface area (Å²) in [6.07, 6.45) is 3.21. The van der Waals surface area contributed by atoms with Crippen LogP contribution in [0.15, 0.2) is 54.9 Å². The number of nitrogens with one attached hydrogen (secondary N) is 1. The van der Waals surface area contributed by atoms with Gasteiger partial charge in [0, 0.05) is 30.4 Å². The summed E-state index contributed by atoms with van der Waals surface area (Å²) in [6.45, 7) is 3.07. The second-order valence-electron chi connectivity index (χ2n) is 7.73. The van der Waals surface area contributed by atoms with Gasteiger partial charge in [-0.2, -0.15) is 0 Å². The van der Waals surface area contributed by atoms with Gasteiger partial charge in [0.25, 0.3) is 0 Å². The lowest BCUT2D eigenvalue weighted by Crippen LogP contribution is -2.41. The summed E-state index contributed by atoms with van der Waals surface area (Å²) in [7, 11) is 1.63. The average Bonchev–Trinajstić information content (AvgIpc) is 2.81. The highest BCUT2D eigenvalue weighted by molar-refractivity contribution is 5.93. The Labute approximate surface area is 181 Å². The number of aromatic nitrogens is 2. The van der Waals surface area contributed by atoms with E-state index in [1.165, 1.54) is 6.07 Å². The van der Waals surface area contributed by atoms with E-state index in [2.05, 4.69) is 20.2 Å². The zero-order valence-corrected chi connectivity index (χ0v) is 17.6. The third-order valence-corrected chi connectivity index (χ3v) is 5.59. The fraction of sp³-hybridized carbons (Fsp3) is 0.292. The van der Waals surface area contributed by atoms with E-state index in [9.17, 15) is 9.18 Å². The number of aryl methyl sites for hydroxylation is 1. The fourth-order valence-corrected chi connectivity index (χ4v) is 3.75. The number of rotatable bonds is 5. The number of piperidine rings is 1. The number of ether oxygens (including phenoxy) is 1. The molecular formula is C24H25FN4O2. The summed E-state index contributed by atoms with van der Waals surface area (Å²) in [5, 5.41) is 2.85. The van der Waals surface area contributed by atoms with Gasteiger partial charge in [0.2, 0.25) is 5.91 Å². The van der Waals surface area contributed by atoms with Crippen LogP contribution in [0.4, 0.5) is 15.9 Å². The molecule has 0 spiro atoms. The van der Waals surface area contributed by atoms with Gasteiger partial charge >= 0.3 is 0 Å². The molecule has 1 N–H and O–H groups in total. The van der Waals surface area contributed by atoms with E-state index in [-0.39, 0.29) is 17.6 Å². The lowest BCUT2D eigenvalue weighted by molar-refractivity contribution is -0.120. The molecule has 7 heteroatoms. The van der Waals surface area contributed by atoms with Gasteiger partial charge in [-0.25, -0.2) is 14.4 Å². The van der Waals surface area contributed by atoms with Gasteiger partial charge in [-0.15, -0.1) is 0 Å². The lowest BCUT2D eigenvalue weighted by Gasteiger charge is -2.33. The van der Waals surface area contributed by atoms with Crippen molar-refractivity contribution in [3.63, 3.8) is 0 Å². The number of hydrogen-bond acceptors (Lipinski definition) is 5. The maximum atomic E-state index is 13.8. The summed E-state index contributed by atoms with van der Waals surface area (Å²) in [4.78, 5) is 23.7. The highest BCUT2D eigenvalue weighted by Crippen LogP contribution is 2.27. The molecule has 0 radical (unpaired) electrons. The Hall–Kier alpha value is -3.48. The van der Waals surface area contributed by atoms with Gasteiger partial charge in [-0.3, -0.25) is 4.79 Å². The molecule has 1 fully saturated rings. The van der Waals surface area contributed by atoms with Gasteiger partial charge in [0.1, 0.15) is 23.7 Å². The number of methoxy groups -OCH3 is 1. The maximum absolute atomic E-state index is 13.8. The van der Waals surface area contributed by atoms with Crippen LogP contribution in [-0.4, -0.2) is 36.1 Å². The van der Waals surface area contributed by atoms with Crippen molar-refractivity contribution in [2.75, 3.05) is 30.4 Å². The molecular weight excluding hydrogens is 395 g/mol. The van der Waals surface area contributed by atoms with Crippen molar-refractivity contribution in [2.24, 2.45) is 5.92 Å². The second kappa shape index (κ2) is 9.12. The minimum absolute atomic E-state index is 0.0996. The first-order chi connectivity index (χ1) is 15.0. The standard InChI is InChI=1S/C24H25FN4O2/c1-16-5-8-19(12-21(16)25)28-24(30)18-4-3-11-29(14-18)23-13-22(26-15-27-23)17-6-9-20(31-2)10-7-17/h5-10,12-13,15,18H,3-4,11,14H2,1-2H3,(H,28,30). The Kier molecular flexibility index (Phi) is 6.11. The molecule has 1 amide bonds. The molecule has 160 valence electrons. The molecule has 2 heterocycles. The van der Waals surface area contributed by atoms with Crippen LogP contribution in [0.5, 0.6) is 5.75 Å². The van der Waals surface area contributed by atoms with Crippen molar-refractivity contribution in [3.05, 3.63) is 66.2 Å².